The van der Waals surface area contributed by atoms with Crippen molar-refractivity contribution in [1.29, 1.82) is 0 Å². The minimum atomic E-state index is 0.0196. The molecule has 0 aromatic carbocycles. The van der Waals surface area contributed by atoms with Gasteiger partial charge in [0.05, 0.1) is 12.1 Å². The Kier molecular flexibility index (Phi) is 5.71. The third-order valence-corrected chi connectivity index (χ3v) is 4.62. The van der Waals surface area contributed by atoms with E-state index in [9.17, 15) is 4.79 Å². The lowest BCUT2D eigenvalue weighted by Gasteiger charge is -2.32. The second-order valence-corrected chi connectivity index (χ2v) is 6.42. The molecule has 1 amide bonds. The van der Waals surface area contributed by atoms with Gasteiger partial charge in [-0.05, 0) is 31.0 Å². The van der Waals surface area contributed by atoms with Crippen molar-refractivity contribution < 1.29 is 9.53 Å². The molecule has 0 spiro atoms. The number of carbonyl (C=O) groups excluding carboxylic acids is 1. The summed E-state index contributed by atoms with van der Waals surface area (Å²) in [6.07, 6.45) is 4.93. The summed E-state index contributed by atoms with van der Waals surface area (Å²) < 4.78 is 5.21. The topological polar surface area (TPSA) is 67.3 Å². The highest BCUT2D eigenvalue weighted by Crippen LogP contribution is 2.23. The first-order valence-electron chi connectivity index (χ1n) is 8.29. The van der Waals surface area contributed by atoms with E-state index in [-0.39, 0.29) is 11.8 Å². The van der Waals surface area contributed by atoms with Gasteiger partial charge in [0.1, 0.15) is 5.82 Å². The molecular formula is C18H21ClN4O2. The second-order valence-electron chi connectivity index (χ2n) is 5.99. The maximum Gasteiger partial charge on any atom is 0.223 e. The van der Waals surface area contributed by atoms with Crippen LogP contribution in [0.1, 0.15) is 18.4 Å². The van der Waals surface area contributed by atoms with Crippen molar-refractivity contribution >= 4 is 23.3 Å². The lowest BCUT2D eigenvalue weighted by molar-refractivity contribution is -0.125. The van der Waals surface area contributed by atoms with Gasteiger partial charge in [-0.2, -0.15) is 0 Å². The molecule has 0 atom stereocenters. The van der Waals surface area contributed by atoms with E-state index in [4.69, 9.17) is 16.3 Å². The number of hydrogen-bond donors (Lipinski definition) is 1. The Morgan fingerprint density at radius 1 is 1.32 bits per heavy atom. The second kappa shape index (κ2) is 8.16. The minimum Gasteiger partial charge on any atom is -0.481 e. The Labute approximate surface area is 152 Å². The molecule has 3 heterocycles. The maximum atomic E-state index is 12.4. The number of piperidine rings is 1. The molecule has 2 aromatic heterocycles. The van der Waals surface area contributed by atoms with E-state index in [1.54, 1.807) is 19.5 Å². The Hall–Kier alpha value is -2.34. The zero-order chi connectivity index (χ0) is 17.6. The number of carbonyl (C=O) groups is 1. The number of anilines is 1. The van der Waals surface area contributed by atoms with Crippen molar-refractivity contribution in [2.75, 3.05) is 25.1 Å². The normalized spacial score (nSPS) is 15.0. The van der Waals surface area contributed by atoms with E-state index < -0.39 is 0 Å². The van der Waals surface area contributed by atoms with Crippen LogP contribution in [0, 0.1) is 5.92 Å². The molecule has 0 radical (unpaired) electrons. The van der Waals surface area contributed by atoms with E-state index in [0.717, 1.165) is 37.3 Å². The predicted molar refractivity (Wildman–Crippen MR) is 96.8 cm³/mol. The molecule has 0 bridgehead atoms. The van der Waals surface area contributed by atoms with Crippen LogP contribution in [0.3, 0.4) is 0 Å². The molecule has 6 nitrogen and oxygen atoms in total. The van der Waals surface area contributed by atoms with E-state index in [1.165, 1.54) is 0 Å². The number of methoxy groups -OCH3 is 1. The van der Waals surface area contributed by atoms with Crippen LogP contribution in [0.15, 0.2) is 36.7 Å². The largest absolute Gasteiger partial charge is 0.481 e. The molecule has 7 heteroatoms. The van der Waals surface area contributed by atoms with Gasteiger partial charge in [0.25, 0.3) is 0 Å². The highest BCUT2D eigenvalue weighted by Gasteiger charge is 2.25. The van der Waals surface area contributed by atoms with Crippen LogP contribution in [0.4, 0.5) is 5.82 Å². The Balaban J connectivity index is 1.50. The number of amides is 1. The van der Waals surface area contributed by atoms with Crippen LogP contribution >= 0.6 is 11.6 Å². The number of rotatable bonds is 5. The van der Waals surface area contributed by atoms with Gasteiger partial charge in [-0.3, -0.25) is 4.79 Å². The summed E-state index contributed by atoms with van der Waals surface area (Å²) >= 11 is 5.87. The average Bonchev–Trinajstić information content (AvgIpc) is 2.67. The molecule has 25 heavy (non-hydrogen) atoms. The van der Waals surface area contributed by atoms with Gasteiger partial charge < -0.3 is 15.0 Å². The SMILES string of the molecule is COc1ncccc1CNC(=O)C1CCN(c2ccc(Cl)cn2)CC1. The van der Waals surface area contributed by atoms with Gasteiger partial charge in [0, 0.05) is 43.5 Å². The quantitative estimate of drug-likeness (QED) is 0.887. The number of nitrogens with zero attached hydrogens (tertiary/aromatic N) is 3. The Morgan fingerprint density at radius 3 is 2.80 bits per heavy atom. The van der Waals surface area contributed by atoms with Crippen molar-refractivity contribution in [3.05, 3.63) is 47.2 Å². The van der Waals surface area contributed by atoms with Crippen LogP contribution in [0.25, 0.3) is 0 Å². The summed E-state index contributed by atoms with van der Waals surface area (Å²) in [6, 6.07) is 7.49. The fourth-order valence-electron chi connectivity index (χ4n) is 2.99. The molecule has 132 valence electrons. The molecule has 0 saturated carbocycles. The number of aromatic nitrogens is 2. The van der Waals surface area contributed by atoms with Crippen LogP contribution < -0.4 is 15.0 Å². The minimum absolute atomic E-state index is 0.0196. The predicted octanol–water partition coefficient (Wildman–Crippen LogP) is 2.67. The highest BCUT2D eigenvalue weighted by molar-refractivity contribution is 6.30. The van der Waals surface area contributed by atoms with Gasteiger partial charge in [-0.15, -0.1) is 0 Å². The van der Waals surface area contributed by atoms with Crippen LogP contribution in [0.2, 0.25) is 5.02 Å². The molecule has 1 saturated heterocycles. The highest BCUT2D eigenvalue weighted by atomic mass is 35.5. The molecule has 1 fully saturated rings. The molecule has 1 N–H and O–H groups in total. The van der Waals surface area contributed by atoms with Gasteiger partial charge in [0.2, 0.25) is 11.8 Å². The lowest BCUT2D eigenvalue weighted by Crippen LogP contribution is -2.40. The number of halogens is 1. The smallest absolute Gasteiger partial charge is 0.223 e. The molecule has 0 unspecified atom stereocenters. The summed E-state index contributed by atoms with van der Waals surface area (Å²) in [5.74, 6) is 1.55. The summed E-state index contributed by atoms with van der Waals surface area (Å²) in [7, 11) is 1.58. The monoisotopic (exact) mass is 360 g/mol. The third kappa shape index (κ3) is 4.39. The Morgan fingerprint density at radius 2 is 2.12 bits per heavy atom. The summed E-state index contributed by atoms with van der Waals surface area (Å²) in [4.78, 5) is 23.1. The summed E-state index contributed by atoms with van der Waals surface area (Å²) in [6.45, 7) is 2.04. The summed E-state index contributed by atoms with van der Waals surface area (Å²) in [5.41, 5.74) is 0.876. The van der Waals surface area contributed by atoms with Crippen molar-refractivity contribution in [2.45, 2.75) is 19.4 Å². The maximum absolute atomic E-state index is 12.4. The lowest BCUT2D eigenvalue weighted by atomic mass is 9.96. The van der Waals surface area contributed by atoms with Crippen LogP contribution in [0.5, 0.6) is 5.88 Å². The number of pyridine rings is 2. The number of ether oxygens (including phenoxy) is 1. The van der Waals surface area contributed by atoms with E-state index in [2.05, 4.69) is 20.2 Å². The first kappa shape index (κ1) is 17.5. The molecule has 0 aliphatic carbocycles. The van der Waals surface area contributed by atoms with E-state index in [0.29, 0.717) is 17.4 Å². The van der Waals surface area contributed by atoms with Crippen molar-refractivity contribution in [1.82, 2.24) is 15.3 Å². The van der Waals surface area contributed by atoms with Gasteiger partial charge in [-0.1, -0.05) is 17.7 Å². The molecule has 1 aliphatic rings. The van der Waals surface area contributed by atoms with E-state index in [1.807, 2.05) is 24.3 Å². The molecule has 2 aromatic rings. The first-order valence-corrected chi connectivity index (χ1v) is 8.67. The van der Waals surface area contributed by atoms with Gasteiger partial charge in [-0.25, -0.2) is 9.97 Å². The standard InChI is InChI=1S/C18H21ClN4O2/c1-25-18-14(3-2-8-20-18)11-22-17(24)13-6-9-23(10-7-13)16-5-4-15(19)12-21-16/h2-5,8,12-13H,6-7,9-11H2,1H3,(H,22,24). The van der Waals surface area contributed by atoms with Gasteiger partial charge >= 0.3 is 0 Å². The Bertz CT molecular complexity index is 715. The van der Waals surface area contributed by atoms with E-state index >= 15 is 0 Å². The fourth-order valence-corrected chi connectivity index (χ4v) is 3.11. The number of hydrogen-bond acceptors (Lipinski definition) is 5. The van der Waals surface area contributed by atoms with Gasteiger partial charge in [0.15, 0.2) is 0 Å². The molecular weight excluding hydrogens is 340 g/mol. The molecule has 1 aliphatic heterocycles. The zero-order valence-electron chi connectivity index (χ0n) is 14.1. The molecule has 3 rings (SSSR count). The van der Waals surface area contributed by atoms with Crippen molar-refractivity contribution in [3.8, 4) is 5.88 Å². The van der Waals surface area contributed by atoms with Crippen LogP contribution in [-0.4, -0.2) is 36.1 Å². The first-order chi connectivity index (χ1) is 12.2. The summed E-state index contributed by atoms with van der Waals surface area (Å²) in [5, 5.41) is 3.62. The fraction of sp³-hybridized carbons (Fsp3) is 0.389. The number of nitrogens with one attached hydrogen (secondary N) is 1. The van der Waals surface area contributed by atoms with Crippen molar-refractivity contribution in [2.24, 2.45) is 5.92 Å². The van der Waals surface area contributed by atoms with Crippen LogP contribution in [-0.2, 0) is 11.3 Å². The van der Waals surface area contributed by atoms with Crippen molar-refractivity contribution in [3.63, 3.8) is 0 Å². The zero-order valence-corrected chi connectivity index (χ0v) is 14.9. The average molecular weight is 361 g/mol. The third-order valence-electron chi connectivity index (χ3n) is 4.40.